The molecule has 0 fully saturated rings. The summed E-state index contributed by atoms with van der Waals surface area (Å²) >= 11 is 0. The number of β-amino-alcohol motifs (C(OH)–C–C–N with tert-alkyl or cyclic N) is 1. The highest BCUT2D eigenvalue weighted by Crippen LogP contribution is 2.19. The molecule has 3 rings (SSSR count). The molecule has 0 saturated carbocycles. The Labute approximate surface area is 111 Å². The Bertz CT molecular complexity index is 568. The van der Waals surface area contributed by atoms with Gasteiger partial charge in [0.2, 0.25) is 0 Å². The minimum absolute atomic E-state index is 0.530. The van der Waals surface area contributed by atoms with Crippen LogP contribution in [0.1, 0.15) is 17.5 Å². The number of hydrogen-bond acceptors (Lipinski definition) is 5. The fourth-order valence-electron chi connectivity index (χ4n) is 2.39. The molecule has 0 amide bonds. The van der Waals surface area contributed by atoms with Crippen LogP contribution in [0.5, 0.6) is 0 Å². The summed E-state index contributed by atoms with van der Waals surface area (Å²) in [6, 6.07) is 7.39. The average molecular weight is 259 g/mol. The van der Waals surface area contributed by atoms with Gasteiger partial charge in [0, 0.05) is 25.3 Å². The summed E-state index contributed by atoms with van der Waals surface area (Å²) in [4.78, 5) is 2.18. The number of benzene rings is 1. The number of rotatable bonds is 3. The van der Waals surface area contributed by atoms with Crippen LogP contribution < -0.4 is 5.73 Å². The number of fused-ring (bicyclic) bond motifs is 1. The lowest BCUT2D eigenvalue weighted by atomic mass is 10.1. The third-order valence-electron chi connectivity index (χ3n) is 3.44. The van der Waals surface area contributed by atoms with Gasteiger partial charge in [0.05, 0.1) is 12.6 Å². The molecule has 0 saturated heterocycles. The van der Waals surface area contributed by atoms with Crippen LogP contribution in [-0.4, -0.2) is 37.9 Å². The third-order valence-corrected chi connectivity index (χ3v) is 3.44. The molecule has 0 spiro atoms. The molecule has 0 aliphatic carbocycles. The van der Waals surface area contributed by atoms with Gasteiger partial charge in [-0.15, -0.1) is 10.2 Å². The molecule has 0 radical (unpaired) electrons. The maximum atomic E-state index is 10.3. The van der Waals surface area contributed by atoms with E-state index in [-0.39, 0.29) is 0 Å². The number of anilines is 1. The van der Waals surface area contributed by atoms with E-state index in [2.05, 4.69) is 15.1 Å². The van der Waals surface area contributed by atoms with Gasteiger partial charge in [-0.2, -0.15) is 0 Å². The van der Waals surface area contributed by atoms with Crippen molar-refractivity contribution in [1.29, 1.82) is 0 Å². The summed E-state index contributed by atoms with van der Waals surface area (Å²) in [6.45, 7) is 3.06. The Balaban J connectivity index is 1.66. The van der Waals surface area contributed by atoms with Crippen molar-refractivity contribution < 1.29 is 5.11 Å². The maximum absolute atomic E-state index is 10.3. The Morgan fingerprint density at radius 3 is 3.11 bits per heavy atom. The van der Waals surface area contributed by atoms with Gasteiger partial charge in [-0.05, 0) is 17.7 Å². The van der Waals surface area contributed by atoms with E-state index in [1.807, 2.05) is 28.8 Å². The van der Waals surface area contributed by atoms with E-state index in [1.165, 1.54) is 0 Å². The Kier molecular flexibility index (Phi) is 3.18. The second-order valence-electron chi connectivity index (χ2n) is 4.86. The minimum Gasteiger partial charge on any atom is -0.399 e. The molecule has 6 nitrogen and oxygen atoms in total. The molecular formula is C13H17N5O. The van der Waals surface area contributed by atoms with E-state index >= 15 is 0 Å². The van der Waals surface area contributed by atoms with Gasteiger partial charge in [0.15, 0.2) is 0 Å². The molecule has 2 aromatic rings. The van der Waals surface area contributed by atoms with Crippen molar-refractivity contribution in [2.24, 2.45) is 0 Å². The molecule has 0 bridgehead atoms. The first-order valence-corrected chi connectivity index (χ1v) is 6.35. The smallest absolute Gasteiger partial charge is 0.147 e. The number of nitrogens with zero attached hydrogens (tertiary/aromatic N) is 4. The Morgan fingerprint density at radius 1 is 1.37 bits per heavy atom. The molecular weight excluding hydrogens is 242 g/mol. The lowest BCUT2D eigenvalue weighted by molar-refractivity contribution is 0.0963. The normalized spacial score (nSPS) is 17.1. The second-order valence-corrected chi connectivity index (χ2v) is 4.86. The van der Waals surface area contributed by atoms with E-state index in [9.17, 15) is 5.11 Å². The van der Waals surface area contributed by atoms with Gasteiger partial charge in [-0.3, -0.25) is 4.90 Å². The topological polar surface area (TPSA) is 80.2 Å². The predicted octanol–water partition coefficient (Wildman–Crippen LogP) is 0.409. The molecule has 1 aromatic carbocycles. The molecule has 1 aliphatic heterocycles. The second kappa shape index (κ2) is 4.99. The fourth-order valence-corrected chi connectivity index (χ4v) is 2.39. The first-order chi connectivity index (χ1) is 9.22. The van der Waals surface area contributed by atoms with Crippen LogP contribution in [0.4, 0.5) is 5.69 Å². The maximum Gasteiger partial charge on any atom is 0.147 e. The summed E-state index contributed by atoms with van der Waals surface area (Å²) in [6.07, 6.45) is 1.22. The van der Waals surface area contributed by atoms with Crippen molar-refractivity contribution >= 4 is 5.69 Å². The van der Waals surface area contributed by atoms with Crippen molar-refractivity contribution in [2.45, 2.75) is 19.2 Å². The zero-order valence-electron chi connectivity index (χ0n) is 10.6. The van der Waals surface area contributed by atoms with Crippen LogP contribution in [0.25, 0.3) is 0 Å². The highest BCUT2D eigenvalue weighted by atomic mass is 16.3. The Morgan fingerprint density at radius 2 is 2.26 bits per heavy atom. The fraction of sp³-hybridized carbons (Fsp3) is 0.385. The van der Waals surface area contributed by atoms with E-state index in [0.29, 0.717) is 12.2 Å². The van der Waals surface area contributed by atoms with Gasteiger partial charge < -0.3 is 15.4 Å². The van der Waals surface area contributed by atoms with Crippen LogP contribution in [-0.2, 0) is 13.1 Å². The Hall–Kier alpha value is -1.92. The molecule has 1 aliphatic rings. The van der Waals surface area contributed by atoms with Gasteiger partial charge in [-0.1, -0.05) is 12.1 Å². The molecule has 1 atom stereocenters. The first kappa shape index (κ1) is 12.1. The summed E-state index contributed by atoms with van der Waals surface area (Å²) < 4.78 is 2.05. The zero-order chi connectivity index (χ0) is 13.2. The van der Waals surface area contributed by atoms with Crippen LogP contribution in [0.2, 0.25) is 0 Å². The standard InChI is InChI=1S/C13H17N5O/c14-11-3-1-2-10(6-11)12(19)7-17-4-5-18-9-15-16-13(18)8-17/h1-3,6,9,12,19H,4-5,7-8,14H2. The van der Waals surface area contributed by atoms with Gasteiger partial charge in [0.1, 0.15) is 12.2 Å². The van der Waals surface area contributed by atoms with Crippen molar-refractivity contribution in [3.63, 3.8) is 0 Å². The third kappa shape index (κ3) is 2.59. The summed E-state index contributed by atoms with van der Waals surface area (Å²) in [7, 11) is 0. The van der Waals surface area contributed by atoms with E-state index in [0.717, 1.165) is 31.0 Å². The highest BCUT2D eigenvalue weighted by Gasteiger charge is 2.20. The largest absolute Gasteiger partial charge is 0.399 e. The highest BCUT2D eigenvalue weighted by molar-refractivity contribution is 5.41. The summed E-state index contributed by atoms with van der Waals surface area (Å²) in [5.74, 6) is 0.950. The molecule has 100 valence electrons. The number of hydrogen-bond donors (Lipinski definition) is 2. The number of nitrogen functional groups attached to an aromatic ring is 1. The van der Waals surface area contributed by atoms with Gasteiger partial charge in [-0.25, -0.2) is 0 Å². The predicted molar refractivity (Wildman–Crippen MR) is 71.1 cm³/mol. The SMILES string of the molecule is Nc1cccc(C(O)CN2CCn3cnnc3C2)c1. The van der Waals surface area contributed by atoms with E-state index in [1.54, 1.807) is 6.33 Å². The number of aliphatic hydroxyl groups excluding tert-OH is 1. The zero-order valence-corrected chi connectivity index (χ0v) is 10.6. The summed E-state index contributed by atoms with van der Waals surface area (Å²) in [5, 5.41) is 18.2. The van der Waals surface area contributed by atoms with Crippen LogP contribution >= 0.6 is 0 Å². The molecule has 1 unspecified atom stereocenters. The molecule has 3 N–H and O–H groups in total. The lowest BCUT2D eigenvalue weighted by Crippen LogP contribution is -2.36. The van der Waals surface area contributed by atoms with Crippen LogP contribution in [0.15, 0.2) is 30.6 Å². The van der Waals surface area contributed by atoms with E-state index in [4.69, 9.17) is 5.73 Å². The first-order valence-electron chi connectivity index (χ1n) is 6.35. The van der Waals surface area contributed by atoms with Crippen LogP contribution in [0, 0.1) is 0 Å². The van der Waals surface area contributed by atoms with E-state index < -0.39 is 6.10 Å². The van der Waals surface area contributed by atoms with Crippen molar-refractivity contribution in [3.8, 4) is 0 Å². The molecule has 1 aromatic heterocycles. The van der Waals surface area contributed by atoms with Crippen molar-refractivity contribution in [1.82, 2.24) is 19.7 Å². The number of nitrogens with two attached hydrogens (primary N) is 1. The van der Waals surface area contributed by atoms with Crippen LogP contribution in [0.3, 0.4) is 0 Å². The monoisotopic (exact) mass is 259 g/mol. The minimum atomic E-state index is -0.530. The lowest BCUT2D eigenvalue weighted by Gasteiger charge is -2.28. The molecule has 2 heterocycles. The molecule has 19 heavy (non-hydrogen) atoms. The van der Waals surface area contributed by atoms with Crippen molar-refractivity contribution in [3.05, 3.63) is 42.0 Å². The number of aromatic nitrogens is 3. The molecule has 6 heteroatoms. The summed E-state index contributed by atoms with van der Waals surface area (Å²) in [5.41, 5.74) is 7.26. The van der Waals surface area contributed by atoms with Gasteiger partial charge >= 0.3 is 0 Å². The quantitative estimate of drug-likeness (QED) is 0.780. The van der Waals surface area contributed by atoms with Crippen molar-refractivity contribution in [2.75, 3.05) is 18.8 Å². The number of aliphatic hydroxyl groups is 1. The van der Waals surface area contributed by atoms with Gasteiger partial charge in [0.25, 0.3) is 0 Å². The average Bonchev–Trinajstić information content (AvgIpc) is 2.86.